The van der Waals surface area contributed by atoms with Crippen LogP contribution in [0.1, 0.15) is 33.1 Å². The van der Waals surface area contributed by atoms with Crippen molar-refractivity contribution in [1.82, 2.24) is 10.6 Å². The molecule has 0 bridgehead atoms. The molecule has 0 rings (SSSR count). The summed E-state index contributed by atoms with van der Waals surface area (Å²) in [5.74, 6) is -4.29. The van der Waals surface area contributed by atoms with E-state index in [4.69, 9.17) is 21.1 Å². The Kier molecular flexibility index (Phi) is 9.58. The van der Waals surface area contributed by atoms with Gasteiger partial charge in [0.25, 0.3) is 0 Å². The third-order valence-corrected chi connectivity index (χ3v) is 3.60. The first kappa shape index (κ1) is 21.8. The number of carbonyl (C=O) groups is 4. The molecule has 2 amide bonds. The maximum Gasteiger partial charge on any atom is 0.328 e. The summed E-state index contributed by atoms with van der Waals surface area (Å²) in [7, 11) is 0. The fourth-order valence-electron chi connectivity index (χ4n) is 1.82. The predicted octanol–water partition coefficient (Wildman–Crippen LogP) is -1.73. The van der Waals surface area contributed by atoms with Gasteiger partial charge in [0, 0.05) is 6.42 Å². The highest BCUT2D eigenvalue weighted by atomic mass is 16.4. The highest BCUT2D eigenvalue weighted by Gasteiger charge is 2.30. The molecule has 0 saturated heterocycles. The zero-order valence-electron chi connectivity index (χ0n) is 13.7. The molecule has 0 aliphatic heterocycles. The monoisotopic (exact) mass is 347 g/mol. The lowest BCUT2D eigenvalue weighted by molar-refractivity contribution is -0.143. The van der Waals surface area contributed by atoms with Crippen molar-refractivity contribution in [2.75, 3.05) is 6.61 Å². The Balaban J connectivity index is 4.94. The van der Waals surface area contributed by atoms with E-state index in [9.17, 15) is 19.2 Å². The molecule has 4 unspecified atom stereocenters. The maximum atomic E-state index is 12.2. The standard InChI is InChI=1S/C14H25N3O7/c1-3-7(2)11(13(22)16-9(6-18)14(23)24)17-12(21)8(15)4-5-10(19)20/h7-9,11,18H,3-6,15H2,1-2H3,(H,16,22)(H,17,21)(H,19,20)(H,23,24). The van der Waals surface area contributed by atoms with Gasteiger partial charge in [-0.25, -0.2) is 4.79 Å². The van der Waals surface area contributed by atoms with Crippen LogP contribution >= 0.6 is 0 Å². The molecule has 10 nitrogen and oxygen atoms in total. The lowest BCUT2D eigenvalue weighted by Crippen LogP contribution is -2.57. The van der Waals surface area contributed by atoms with Crippen LogP contribution in [0.2, 0.25) is 0 Å². The van der Waals surface area contributed by atoms with E-state index in [0.717, 1.165) is 0 Å². The van der Waals surface area contributed by atoms with Crippen LogP contribution in [0, 0.1) is 5.92 Å². The van der Waals surface area contributed by atoms with Gasteiger partial charge in [0.15, 0.2) is 0 Å². The van der Waals surface area contributed by atoms with Gasteiger partial charge in [-0.15, -0.1) is 0 Å². The lowest BCUT2D eigenvalue weighted by atomic mass is 9.97. The van der Waals surface area contributed by atoms with Crippen molar-refractivity contribution in [3.8, 4) is 0 Å². The van der Waals surface area contributed by atoms with E-state index in [-0.39, 0.29) is 18.8 Å². The number of hydrogen-bond acceptors (Lipinski definition) is 6. The molecule has 0 fully saturated rings. The van der Waals surface area contributed by atoms with Gasteiger partial charge >= 0.3 is 11.9 Å². The molecule has 0 aromatic rings. The molecule has 7 N–H and O–H groups in total. The number of aliphatic hydroxyl groups excluding tert-OH is 1. The average molecular weight is 347 g/mol. The van der Waals surface area contributed by atoms with Crippen LogP contribution in [-0.2, 0) is 19.2 Å². The molecule has 0 spiro atoms. The molecule has 0 aliphatic rings. The van der Waals surface area contributed by atoms with Crippen LogP contribution in [0.25, 0.3) is 0 Å². The highest BCUT2D eigenvalue weighted by Crippen LogP contribution is 2.09. The number of carbonyl (C=O) groups excluding carboxylic acids is 2. The van der Waals surface area contributed by atoms with Gasteiger partial charge in [0.2, 0.25) is 11.8 Å². The van der Waals surface area contributed by atoms with Crippen LogP contribution in [0.3, 0.4) is 0 Å². The van der Waals surface area contributed by atoms with E-state index in [2.05, 4.69) is 10.6 Å². The normalized spacial score (nSPS) is 15.7. The van der Waals surface area contributed by atoms with E-state index in [1.165, 1.54) is 0 Å². The number of aliphatic carboxylic acids is 2. The van der Waals surface area contributed by atoms with Gasteiger partial charge < -0.3 is 31.7 Å². The predicted molar refractivity (Wildman–Crippen MR) is 82.9 cm³/mol. The molecule has 0 aromatic heterocycles. The van der Waals surface area contributed by atoms with Gasteiger partial charge in [-0.1, -0.05) is 20.3 Å². The topological polar surface area (TPSA) is 179 Å². The van der Waals surface area contributed by atoms with E-state index in [1.54, 1.807) is 13.8 Å². The Morgan fingerprint density at radius 2 is 1.67 bits per heavy atom. The molecule has 0 heterocycles. The average Bonchev–Trinajstić information content (AvgIpc) is 2.53. The first-order valence-electron chi connectivity index (χ1n) is 7.55. The van der Waals surface area contributed by atoms with Crippen molar-refractivity contribution >= 4 is 23.8 Å². The largest absolute Gasteiger partial charge is 0.481 e. The molecule has 24 heavy (non-hydrogen) atoms. The molecular weight excluding hydrogens is 322 g/mol. The van der Waals surface area contributed by atoms with E-state index in [1.807, 2.05) is 0 Å². The summed E-state index contributed by atoms with van der Waals surface area (Å²) in [5, 5.41) is 31.0. The fraction of sp³-hybridized carbons (Fsp3) is 0.714. The summed E-state index contributed by atoms with van der Waals surface area (Å²) < 4.78 is 0. The second kappa shape index (κ2) is 10.6. The number of hydrogen-bond donors (Lipinski definition) is 6. The minimum atomic E-state index is -1.48. The van der Waals surface area contributed by atoms with E-state index in [0.29, 0.717) is 6.42 Å². The zero-order chi connectivity index (χ0) is 18.9. The minimum absolute atomic E-state index is 0.0929. The Labute approximate surface area is 139 Å². The first-order chi connectivity index (χ1) is 11.1. The van der Waals surface area contributed by atoms with Gasteiger partial charge in [-0.2, -0.15) is 0 Å². The summed E-state index contributed by atoms with van der Waals surface area (Å²) >= 11 is 0. The van der Waals surface area contributed by atoms with Crippen molar-refractivity contribution in [2.45, 2.75) is 51.2 Å². The number of rotatable bonds is 11. The molecule has 10 heteroatoms. The maximum absolute atomic E-state index is 12.2. The number of aliphatic hydroxyl groups is 1. The fourth-order valence-corrected chi connectivity index (χ4v) is 1.82. The Morgan fingerprint density at radius 1 is 1.08 bits per heavy atom. The third kappa shape index (κ3) is 7.38. The lowest BCUT2D eigenvalue weighted by Gasteiger charge is -2.26. The van der Waals surface area contributed by atoms with Gasteiger partial charge in [-0.3, -0.25) is 14.4 Å². The second-order valence-corrected chi connectivity index (χ2v) is 5.49. The van der Waals surface area contributed by atoms with Gasteiger partial charge in [-0.05, 0) is 12.3 Å². The van der Waals surface area contributed by atoms with Crippen molar-refractivity contribution in [1.29, 1.82) is 0 Å². The zero-order valence-corrected chi connectivity index (χ0v) is 13.7. The summed E-state index contributed by atoms with van der Waals surface area (Å²) in [5.41, 5.74) is 5.59. The van der Waals surface area contributed by atoms with Crippen LogP contribution in [0.15, 0.2) is 0 Å². The molecule has 0 saturated carbocycles. The molecule has 4 atom stereocenters. The summed E-state index contributed by atoms with van der Waals surface area (Å²) in [6, 6.07) is -3.64. The number of carboxylic acid groups (broad SMARTS) is 2. The molecule has 138 valence electrons. The summed E-state index contributed by atoms with van der Waals surface area (Å²) in [6.07, 6.45) is 0.129. The summed E-state index contributed by atoms with van der Waals surface area (Å²) in [6.45, 7) is 2.67. The number of amides is 2. The Hall–Kier alpha value is -2.20. The van der Waals surface area contributed by atoms with Crippen molar-refractivity contribution in [3.05, 3.63) is 0 Å². The summed E-state index contributed by atoms with van der Waals surface area (Å²) in [4.78, 5) is 45.6. The van der Waals surface area contributed by atoms with Crippen molar-refractivity contribution in [3.63, 3.8) is 0 Å². The Morgan fingerprint density at radius 3 is 2.08 bits per heavy atom. The molecular formula is C14H25N3O7. The quantitative estimate of drug-likeness (QED) is 0.255. The van der Waals surface area contributed by atoms with Crippen molar-refractivity contribution in [2.24, 2.45) is 11.7 Å². The minimum Gasteiger partial charge on any atom is -0.481 e. The van der Waals surface area contributed by atoms with E-state index >= 15 is 0 Å². The van der Waals surface area contributed by atoms with Gasteiger partial charge in [0.1, 0.15) is 12.1 Å². The van der Waals surface area contributed by atoms with Crippen LogP contribution in [-0.4, -0.2) is 63.8 Å². The molecule has 0 radical (unpaired) electrons. The van der Waals surface area contributed by atoms with E-state index < -0.39 is 48.5 Å². The van der Waals surface area contributed by atoms with Crippen LogP contribution in [0.5, 0.6) is 0 Å². The second-order valence-electron chi connectivity index (χ2n) is 5.49. The number of nitrogens with two attached hydrogens (primary N) is 1. The SMILES string of the molecule is CCC(C)C(NC(=O)C(N)CCC(=O)O)C(=O)NC(CO)C(=O)O. The van der Waals surface area contributed by atoms with Crippen LogP contribution in [0.4, 0.5) is 0 Å². The third-order valence-electron chi connectivity index (χ3n) is 3.60. The first-order valence-corrected chi connectivity index (χ1v) is 7.55. The molecule has 0 aliphatic carbocycles. The Bertz CT molecular complexity index is 469. The van der Waals surface area contributed by atoms with Gasteiger partial charge in [0.05, 0.1) is 12.6 Å². The molecule has 0 aromatic carbocycles. The number of nitrogens with one attached hydrogen (secondary N) is 2. The van der Waals surface area contributed by atoms with Crippen LogP contribution < -0.4 is 16.4 Å². The number of carboxylic acids is 2. The smallest absolute Gasteiger partial charge is 0.328 e. The highest BCUT2D eigenvalue weighted by molar-refractivity contribution is 5.92. The van der Waals surface area contributed by atoms with Crippen molar-refractivity contribution < 1.29 is 34.5 Å².